The van der Waals surface area contributed by atoms with Crippen LogP contribution in [0.1, 0.15) is 53.7 Å². The topological polar surface area (TPSA) is 149 Å². The van der Waals surface area contributed by atoms with Gasteiger partial charge < -0.3 is 35.5 Å². The van der Waals surface area contributed by atoms with Crippen LogP contribution in [-0.4, -0.2) is 56.5 Å². The molecule has 0 saturated heterocycles. The number of rotatable bonds is 13. The molecule has 44 heavy (non-hydrogen) atoms. The number of hydrogen-bond donors (Lipinski definition) is 3. The first-order chi connectivity index (χ1) is 21.2. The molecule has 0 radical (unpaired) electrons. The van der Waals surface area contributed by atoms with E-state index < -0.39 is 41.6 Å². The van der Waals surface area contributed by atoms with E-state index in [1.807, 2.05) is 32.9 Å². The second-order valence-electron chi connectivity index (χ2n) is 10.2. The molecule has 0 bridgehead atoms. The number of anilines is 2. The minimum Gasteiger partial charge on any atom is -0.462 e. The Kier molecular flexibility index (Phi) is 10.4. The molecular formula is C33H38N4O7. The van der Waals surface area contributed by atoms with Crippen molar-refractivity contribution in [1.29, 1.82) is 0 Å². The van der Waals surface area contributed by atoms with Crippen molar-refractivity contribution in [2.75, 3.05) is 36.6 Å². The normalized spacial score (nSPS) is 16.4. The molecule has 1 heterocycles. The molecule has 0 fully saturated rings. The number of aryl methyl sites for hydroxylation is 1. The fourth-order valence-electron chi connectivity index (χ4n) is 5.44. The summed E-state index contributed by atoms with van der Waals surface area (Å²) in [7, 11) is 0. The van der Waals surface area contributed by atoms with Gasteiger partial charge in [0.1, 0.15) is 0 Å². The summed E-state index contributed by atoms with van der Waals surface area (Å²) in [5, 5.41) is 5.57. The van der Waals surface area contributed by atoms with E-state index in [4.69, 9.17) is 19.9 Å². The summed E-state index contributed by atoms with van der Waals surface area (Å²) >= 11 is 0. The summed E-state index contributed by atoms with van der Waals surface area (Å²) in [6.07, 6.45) is -0.754. The van der Waals surface area contributed by atoms with E-state index in [0.717, 1.165) is 5.56 Å². The standard InChI is InChI=1S/C33H38N4O7/c1-5-42-27(43-6-2)20-37-26-11-9-8-10-25(26)33(31(37)40,28(29(34)38)22-14-12-21(4)13-15-22)36-32(41)35-24-18-16-23(17-19-24)30(39)44-7-3/h8-19,27-28H,5-7,20H2,1-4H3,(H2,34,38)(H2,35,36,41). The van der Waals surface area contributed by atoms with Crippen molar-refractivity contribution >= 4 is 35.2 Å². The van der Waals surface area contributed by atoms with Gasteiger partial charge in [-0.05, 0) is 63.6 Å². The number of ether oxygens (including phenoxy) is 3. The summed E-state index contributed by atoms with van der Waals surface area (Å²) in [6, 6.07) is 19.4. The highest BCUT2D eigenvalue weighted by molar-refractivity contribution is 6.13. The molecule has 0 aromatic heterocycles. The van der Waals surface area contributed by atoms with Crippen LogP contribution in [0.5, 0.6) is 0 Å². The monoisotopic (exact) mass is 602 g/mol. The van der Waals surface area contributed by atoms with Crippen LogP contribution in [0.4, 0.5) is 16.2 Å². The smallest absolute Gasteiger partial charge is 0.338 e. The van der Waals surface area contributed by atoms with E-state index in [1.54, 1.807) is 43.3 Å². The Hall–Kier alpha value is -4.74. The fraction of sp³-hybridized carbons (Fsp3) is 0.333. The molecule has 11 nitrogen and oxygen atoms in total. The number of benzene rings is 3. The number of para-hydroxylation sites is 1. The third kappa shape index (κ3) is 6.58. The number of carbonyl (C=O) groups is 4. The molecule has 2 unspecified atom stereocenters. The van der Waals surface area contributed by atoms with Crippen LogP contribution in [0.25, 0.3) is 0 Å². The molecule has 0 spiro atoms. The maximum Gasteiger partial charge on any atom is 0.338 e. The van der Waals surface area contributed by atoms with Gasteiger partial charge in [-0.2, -0.15) is 0 Å². The van der Waals surface area contributed by atoms with Gasteiger partial charge in [0.25, 0.3) is 5.91 Å². The molecular weight excluding hydrogens is 564 g/mol. The number of nitrogens with one attached hydrogen (secondary N) is 2. The Morgan fingerprint density at radius 1 is 0.886 bits per heavy atom. The minimum atomic E-state index is -1.92. The first-order valence-electron chi connectivity index (χ1n) is 14.5. The van der Waals surface area contributed by atoms with Crippen molar-refractivity contribution in [3.63, 3.8) is 0 Å². The lowest BCUT2D eigenvalue weighted by Gasteiger charge is -2.36. The number of nitrogens with zero attached hydrogens (tertiary/aromatic N) is 1. The molecule has 0 aliphatic carbocycles. The van der Waals surface area contributed by atoms with Crippen molar-refractivity contribution in [3.8, 4) is 0 Å². The molecule has 1 aliphatic heterocycles. The van der Waals surface area contributed by atoms with Crippen LogP contribution < -0.4 is 21.3 Å². The maximum atomic E-state index is 14.7. The summed E-state index contributed by atoms with van der Waals surface area (Å²) in [6.45, 7) is 8.19. The van der Waals surface area contributed by atoms with Gasteiger partial charge in [-0.1, -0.05) is 48.0 Å². The predicted octanol–water partition coefficient (Wildman–Crippen LogP) is 4.20. The quantitative estimate of drug-likeness (QED) is 0.196. The van der Waals surface area contributed by atoms with Gasteiger partial charge in [-0.25, -0.2) is 9.59 Å². The van der Waals surface area contributed by atoms with Crippen LogP contribution in [0.2, 0.25) is 0 Å². The van der Waals surface area contributed by atoms with Crippen molar-refractivity contribution in [2.45, 2.75) is 45.4 Å². The first kappa shape index (κ1) is 32.2. The molecule has 3 aromatic carbocycles. The average molecular weight is 603 g/mol. The highest BCUT2D eigenvalue weighted by atomic mass is 16.7. The van der Waals surface area contributed by atoms with Gasteiger partial charge >= 0.3 is 12.0 Å². The molecule has 1 aliphatic rings. The van der Waals surface area contributed by atoms with Gasteiger partial charge in [-0.3, -0.25) is 9.59 Å². The Morgan fingerprint density at radius 2 is 1.52 bits per heavy atom. The minimum absolute atomic E-state index is 0.0112. The highest BCUT2D eigenvalue weighted by Gasteiger charge is 2.59. The molecule has 4 amide bonds. The van der Waals surface area contributed by atoms with E-state index >= 15 is 0 Å². The number of esters is 1. The van der Waals surface area contributed by atoms with E-state index in [9.17, 15) is 19.2 Å². The number of carbonyl (C=O) groups excluding carboxylic acids is 4. The third-order valence-electron chi connectivity index (χ3n) is 7.33. The van der Waals surface area contributed by atoms with Gasteiger partial charge in [0.15, 0.2) is 11.8 Å². The van der Waals surface area contributed by atoms with Crippen LogP contribution in [0, 0.1) is 6.92 Å². The van der Waals surface area contributed by atoms with Crippen LogP contribution >= 0.6 is 0 Å². The van der Waals surface area contributed by atoms with Crippen molar-refractivity contribution < 1.29 is 33.4 Å². The lowest BCUT2D eigenvalue weighted by atomic mass is 9.74. The number of primary amides is 1. The van der Waals surface area contributed by atoms with Crippen LogP contribution in [0.3, 0.4) is 0 Å². The number of fused-ring (bicyclic) bond motifs is 1. The molecule has 11 heteroatoms. The molecule has 2 atom stereocenters. The SMILES string of the molecule is CCOC(=O)c1ccc(NC(=O)NC2(C(C(N)=O)c3ccc(C)cc3)C(=O)N(CC(OCC)OCC)c3ccccc32)cc1. The lowest BCUT2D eigenvalue weighted by Crippen LogP contribution is -2.60. The van der Waals surface area contributed by atoms with E-state index in [0.29, 0.717) is 41.3 Å². The Bertz CT molecular complexity index is 1490. The Morgan fingerprint density at radius 3 is 2.11 bits per heavy atom. The second-order valence-corrected chi connectivity index (χ2v) is 10.2. The predicted molar refractivity (Wildman–Crippen MR) is 165 cm³/mol. The summed E-state index contributed by atoms with van der Waals surface area (Å²) in [5.41, 5.74) is 7.08. The van der Waals surface area contributed by atoms with Gasteiger partial charge in [0.2, 0.25) is 5.91 Å². The third-order valence-corrected chi connectivity index (χ3v) is 7.33. The van der Waals surface area contributed by atoms with Crippen LogP contribution in [-0.2, 0) is 29.3 Å². The summed E-state index contributed by atoms with van der Waals surface area (Å²) in [5.74, 6) is -3.14. The zero-order chi connectivity index (χ0) is 31.9. The Balaban J connectivity index is 1.79. The van der Waals surface area contributed by atoms with Gasteiger partial charge in [0.05, 0.1) is 30.3 Å². The molecule has 4 rings (SSSR count). The van der Waals surface area contributed by atoms with Crippen molar-refractivity contribution in [3.05, 3.63) is 95.1 Å². The first-order valence-corrected chi connectivity index (χ1v) is 14.5. The maximum absolute atomic E-state index is 14.7. The molecule has 0 saturated carbocycles. The number of hydrogen-bond acceptors (Lipinski definition) is 7. The Labute approximate surface area is 256 Å². The van der Waals surface area contributed by atoms with E-state index in [1.165, 1.54) is 29.2 Å². The number of nitrogens with two attached hydrogens (primary N) is 1. The number of amides is 4. The van der Waals surface area contributed by atoms with Crippen molar-refractivity contribution in [1.82, 2.24) is 5.32 Å². The second kappa shape index (κ2) is 14.2. The van der Waals surface area contributed by atoms with Crippen LogP contribution in [0.15, 0.2) is 72.8 Å². The van der Waals surface area contributed by atoms with Crippen molar-refractivity contribution in [2.24, 2.45) is 5.73 Å². The van der Waals surface area contributed by atoms with Gasteiger partial charge in [0, 0.05) is 24.5 Å². The summed E-state index contributed by atoms with van der Waals surface area (Å²) < 4.78 is 16.5. The largest absolute Gasteiger partial charge is 0.462 e. The molecule has 232 valence electrons. The fourth-order valence-corrected chi connectivity index (χ4v) is 5.44. The highest BCUT2D eigenvalue weighted by Crippen LogP contribution is 2.48. The zero-order valence-electron chi connectivity index (χ0n) is 25.3. The van der Waals surface area contributed by atoms with Gasteiger partial charge in [-0.15, -0.1) is 0 Å². The van der Waals surface area contributed by atoms with E-state index in [2.05, 4.69) is 10.6 Å². The molecule has 3 aromatic rings. The lowest BCUT2D eigenvalue weighted by molar-refractivity contribution is -0.139. The number of urea groups is 1. The average Bonchev–Trinajstić information content (AvgIpc) is 3.22. The molecule has 4 N–H and O–H groups in total. The van der Waals surface area contributed by atoms with E-state index in [-0.39, 0.29) is 13.2 Å². The zero-order valence-corrected chi connectivity index (χ0v) is 25.3. The summed E-state index contributed by atoms with van der Waals surface area (Å²) in [4.78, 5) is 55.3.